The van der Waals surface area contributed by atoms with Gasteiger partial charge in [0.25, 0.3) is 0 Å². The second kappa shape index (κ2) is 49.1. The fourth-order valence-corrected chi connectivity index (χ4v) is 20.7. The number of oxime groups is 2. The number of nitrogens with zero attached hydrogens (tertiary/aromatic N) is 4. The zero-order valence-electron chi connectivity index (χ0n) is 87.1. The quantitative estimate of drug-likeness (QED) is 0.0134. The Hall–Kier alpha value is -5.70. The molecule has 774 valence electrons. The minimum atomic E-state index is -2.26. The predicted octanol–water partition coefficient (Wildman–Crippen LogP) is 10.2. The highest BCUT2D eigenvalue weighted by atomic mass is 28.4. The molecule has 0 aromatic carbocycles. The van der Waals surface area contributed by atoms with Crippen LogP contribution in [0.1, 0.15) is 252 Å². The molecule has 0 spiro atoms. The Balaban J connectivity index is 0.000000481. The van der Waals surface area contributed by atoms with Crippen molar-refractivity contribution < 1.29 is 159 Å². The summed E-state index contributed by atoms with van der Waals surface area (Å²) >= 11 is 0. The van der Waals surface area contributed by atoms with Gasteiger partial charge in [-0.2, -0.15) is 0 Å². The van der Waals surface area contributed by atoms with Crippen LogP contribution in [0.5, 0.6) is 0 Å². The summed E-state index contributed by atoms with van der Waals surface area (Å²) in [5.41, 5.74) is -8.71. The van der Waals surface area contributed by atoms with E-state index in [1.165, 1.54) is 76.5 Å². The van der Waals surface area contributed by atoms with Crippen LogP contribution in [0.25, 0.3) is 0 Å². The molecule has 0 aliphatic carbocycles. The minimum absolute atomic E-state index is 0.0425. The third-order valence-corrected chi connectivity index (χ3v) is 32.8. The number of likely N-dealkylation sites (N-methyl/N-ethyl adjacent to an activating group) is 2. The molecule has 2 unspecified atom stereocenters. The van der Waals surface area contributed by atoms with Crippen molar-refractivity contribution in [3.05, 3.63) is 12.2 Å². The smallest absolute Gasteiger partial charge is 0.331 e. The standard InChI is InChI=1S/C53H94N2O17Si.C43H74N2O16/c1-23-40-53(17,61)45(59)32(5)42(54-72-38(11)58)30(3)25-52(16,63-27-29(2)28-64-73(21,22)50(12,13)14)46(71-49-44(67-36(9)56)39(55(18)19)24-31(4)65-49)33(6)43(34(7)48(60)69-40)70-41-26-51(15,62-20)47(35(8)66-41)68-37(10)57;1-17-31-43(13,52)36(49)23(4)33(44-61-29(10)48)21(2)19-41(11,51)37(60-40-35(56-27(8)46)30(45(14)15)18-22(3)54-40)24(5)34(25(6)39(50)58-31)59-32-20-42(12,53-16)38(26(7)55-32)57-28(9)47/h30-35,39-41,43-47,49,59,61H,2,23-28H2,1,3-22H3;21-26,30-32,34-38,40,49,51-52H,17-20H2,1-16H3/t30-,31-,32+,33+,34-,35+,39+,40-,41?,43+,44-,45-,46-,47+,49+,51-,52-,53-;21-,22-,23+,24+,25-,26+,30+,31-,32?,34+,35-,36-,37-,38+,40+,41-,42-,43-/m11/s1. The van der Waals surface area contributed by atoms with Crippen LogP contribution < -0.4 is 0 Å². The monoisotopic (exact) mass is 1930 g/mol. The van der Waals surface area contributed by atoms with Crippen LogP contribution in [0, 0.1) is 47.3 Å². The molecule has 6 aliphatic rings. The molecule has 0 saturated carbocycles. The number of carbonyl (C=O) groups excluding carboxylic acids is 8. The lowest BCUT2D eigenvalue weighted by Crippen LogP contribution is -2.62. The van der Waals surface area contributed by atoms with Crippen LogP contribution in [0.2, 0.25) is 18.1 Å². The number of hydrogen-bond donors (Lipinski definition) is 5. The molecule has 0 amide bonds. The highest BCUT2D eigenvalue weighted by molar-refractivity contribution is 6.74. The van der Waals surface area contributed by atoms with Crippen molar-refractivity contribution in [3.8, 4) is 0 Å². The lowest BCUT2D eigenvalue weighted by Gasteiger charge is -2.50. The third kappa shape index (κ3) is 30.4. The van der Waals surface area contributed by atoms with Crippen molar-refractivity contribution >= 4 is 67.5 Å². The number of cyclic esters (lactones) is 2. The summed E-state index contributed by atoms with van der Waals surface area (Å²) in [6.45, 7) is 56.7. The summed E-state index contributed by atoms with van der Waals surface area (Å²) in [6, 6.07) is -0.711. The van der Waals surface area contributed by atoms with Crippen molar-refractivity contribution in [2.45, 2.75) is 439 Å². The topological polar surface area (TPSA) is 454 Å². The Kier molecular flexibility index (Phi) is 43.6. The Morgan fingerprint density at radius 2 is 0.828 bits per heavy atom. The molecule has 6 aliphatic heterocycles. The number of ether oxygens (including phenoxy) is 17. The summed E-state index contributed by atoms with van der Waals surface area (Å²) < 4.78 is 115. The average molecular weight is 1930 g/mol. The average Bonchev–Trinajstić information content (AvgIpc) is 0.775. The van der Waals surface area contributed by atoms with Crippen LogP contribution in [0.3, 0.4) is 0 Å². The molecular formula is C96H168N4O33Si. The van der Waals surface area contributed by atoms with E-state index in [4.69, 9.17) is 94.6 Å². The Morgan fingerprint density at radius 3 is 1.16 bits per heavy atom. The van der Waals surface area contributed by atoms with Crippen molar-refractivity contribution in [3.63, 3.8) is 0 Å². The Bertz CT molecular complexity index is 3930. The van der Waals surface area contributed by atoms with Crippen LogP contribution in [-0.4, -0.2) is 327 Å². The largest absolute Gasteiger partial charge is 0.459 e. The molecule has 0 radical (unpaired) electrons. The molecule has 0 aromatic rings. The molecule has 37 nitrogen and oxygen atoms in total. The fraction of sp³-hybridized carbons (Fsp3) is 0.875. The Labute approximate surface area is 796 Å². The predicted molar refractivity (Wildman–Crippen MR) is 495 cm³/mol. The fourth-order valence-electron chi connectivity index (χ4n) is 19.7. The van der Waals surface area contributed by atoms with E-state index in [9.17, 15) is 63.9 Å². The summed E-state index contributed by atoms with van der Waals surface area (Å²) in [6.07, 6.45) is -19.6. The van der Waals surface area contributed by atoms with Crippen molar-refractivity contribution in [1.82, 2.24) is 9.80 Å². The Morgan fingerprint density at radius 1 is 0.478 bits per heavy atom. The normalized spacial score (nSPS) is 41.2. The highest BCUT2D eigenvalue weighted by Crippen LogP contribution is 2.48. The van der Waals surface area contributed by atoms with E-state index in [2.05, 4.69) is 50.8 Å². The van der Waals surface area contributed by atoms with E-state index < -0.39 is 248 Å². The van der Waals surface area contributed by atoms with E-state index in [-0.39, 0.29) is 92.5 Å². The van der Waals surface area contributed by atoms with Crippen LogP contribution >= 0.6 is 0 Å². The van der Waals surface area contributed by atoms with Crippen molar-refractivity contribution in [1.29, 1.82) is 0 Å². The number of aliphatic hydroxyl groups excluding tert-OH is 2. The van der Waals surface area contributed by atoms with Gasteiger partial charge in [0.2, 0.25) is 0 Å². The minimum Gasteiger partial charge on any atom is -0.459 e. The molecule has 5 N–H and O–H groups in total. The molecule has 38 heteroatoms. The van der Waals surface area contributed by atoms with Gasteiger partial charge in [-0.1, -0.05) is 93.1 Å². The van der Waals surface area contributed by atoms with Gasteiger partial charge in [0, 0.05) is 104 Å². The number of methoxy groups -OCH3 is 2. The van der Waals surface area contributed by atoms with Gasteiger partial charge in [-0.15, -0.1) is 0 Å². The number of rotatable bonds is 26. The first-order chi connectivity index (χ1) is 61.6. The number of carbonyl (C=O) groups is 8. The molecule has 0 aromatic heterocycles. The zero-order valence-corrected chi connectivity index (χ0v) is 88.1. The summed E-state index contributed by atoms with van der Waals surface area (Å²) in [4.78, 5) is 118. The van der Waals surface area contributed by atoms with Crippen molar-refractivity contribution in [2.75, 3.05) is 55.6 Å². The number of esters is 6. The lowest BCUT2D eigenvalue weighted by atomic mass is 9.73. The molecule has 6 rings (SSSR count). The van der Waals surface area contributed by atoms with Gasteiger partial charge in [-0.05, 0) is 174 Å². The SMILES string of the molecule is C=C(CO[C@]1(C)C[C@@H](C)C(=NOC(C)=O)[C@H](C)[C@@H](O)[C@](C)(O)[C@@H](CC)OC(=O)[C@H](C)[C@@H](OC2C[C@@](C)(OC)[C@@H](OC(C)=O)[C@H](C)O2)[C@H](C)[C@H]1O[C@@H]1O[C@H](C)C[C@H](N(C)C)[C@H]1OC(C)=O)CO[Si](C)(C)C(C)(C)C.CC[C@H]1OC(=O)[C@H](C)[C@@H](OC2C[C@@](C)(OC)[C@@H](OC(C)=O)[C@H](C)O2)[C@H](C)[C@@H](O[C@@H]2O[C@H](C)C[C@H](N(C)C)[C@H]2OC(C)=O)[C@](C)(O)C[C@@H](C)C(=NOC(C)=O)[C@H](C)[C@@H](O)[C@]1(C)O. The van der Waals surface area contributed by atoms with Gasteiger partial charge >= 0.3 is 47.8 Å². The lowest BCUT2D eigenvalue weighted by molar-refractivity contribution is -0.321. The van der Waals surface area contributed by atoms with E-state index in [0.29, 0.717) is 18.4 Å². The highest BCUT2D eigenvalue weighted by Gasteiger charge is 2.60. The summed E-state index contributed by atoms with van der Waals surface area (Å²) in [7, 11) is 8.19. The zero-order chi connectivity index (χ0) is 102. The van der Waals surface area contributed by atoms with E-state index >= 15 is 0 Å². The summed E-state index contributed by atoms with van der Waals surface area (Å²) in [5.74, 6) is -12.7. The van der Waals surface area contributed by atoms with Gasteiger partial charge < -0.3 is 130 Å². The van der Waals surface area contributed by atoms with Gasteiger partial charge in [0.05, 0.1) is 121 Å². The molecule has 134 heavy (non-hydrogen) atoms. The van der Waals surface area contributed by atoms with Crippen LogP contribution in [-0.2, 0) is 133 Å². The van der Waals surface area contributed by atoms with Gasteiger partial charge in [-0.25, -0.2) is 9.59 Å². The number of aliphatic hydroxyl groups is 5. The maximum Gasteiger partial charge on any atom is 0.331 e. The van der Waals surface area contributed by atoms with Gasteiger partial charge in [0.1, 0.15) is 34.6 Å². The summed E-state index contributed by atoms with van der Waals surface area (Å²) in [5, 5.41) is 69.4. The molecule has 36 atom stereocenters. The maximum atomic E-state index is 14.9. The van der Waals surface area contributed by atoms with Gasteiger partial charge in [0.15, 0.2) is 57.9 Å². The van der Waals surface area contributed by atoms with E-state index in [1.54, 1.807) is 83.1 Å². The molecule has 6 saturated heterocycles. The molecule has 0 bridgehead atoms. The molecule has 6 heterocycles. The van der Waals surface area contributed by atoms with Gasteiger partial charge in [-0.3, -0.25) is 28.8 Å². The molecule has 6 fully saturated rings. The number of hydrogen-bond acceptors (Lipinski definition) is 37. The van der Waals surface area contributed by atoms with E-state index in [1.807, 2.05) is 72.6 Å². The first-order valence-corrected chi connectivity index (χ1v) is 50.2. The van der Waals surface area contributed by atoms with Crippen LogP contribution in [0.4, 0.5) is 0 Å². The molecular weight excluding hydrogens is 1770 g/mol. The van der Waals surface area contributed by atoms with Crippen molar-refractivity contribution in [2.24, 2.45) is 57.7 Å². The first-order valence-electron chi connectivity index (χ1n) is 47.3. The third-order valence-electron chi connectivity index (χ3n) is 28.4. The second-order valence-corrected chi connectivity index (χ2v) is 46.5. The second-order valence-electron chi connectivity index (χ2n) is 41.7. The van der Waals surface area contributed by atoms with Crippen LogP contribution in [0.15, 0.2) is 22.5 Å². The maximum absolute atomic E-state index is 14.9. The first kappa shape index (κ1) is 119. The van der Waals surface area contributed by atoms with E-state index in [0.717, 1.165) is 0 Å².